The molecular weight excluding hydrogens is 324 g/mol. The Hall–Kier alpha value is -3.19. The summed E-state index contributed by atoms with van der Waals surface area (Å²) in [5.74, 6) is -0.0467. The second-order valence-corrected chi connectivity index (χ2v) is 6.63. The summed E-state index contributed by atoms with van der Waals surface area (Å²) in [6.45, 7) is 2.69. The zero-order valence-corrected chi connectivity index (χ0v) is 14.6. The number of nitriles is 1. The van der Waals surface area contributed by atoms with Crippen molar-refractivity contribution in [3.63, 3.8) is 0 Å². The Morgan fingerprint density at radius 1 is 1.00 bits per heavy atom. The third-order valence-electron chi connectivity index (χ3n) is 5.04. The molecule has 4 nitrogen and oxygen atoms in total. The van der Waals surface area contributed by atoms with Crippen molar-refractivity contribution in [1.82, 2.24) is 4.57 Å². The lowest BCUT2D eigenvalue weighted by atomic mass is 10.0. The van der Waals surface area contributed by atoms with Crippen LogP contribution in [0.25, 0.3) is 22.0 Å². The van der Waals surface area contributed by atoms with E-state index in [9.17, 15) is 14.9 Å². The normalized spacial score (nSPS) is 12.1. The molecular formula is C22H18N2O2. The summed E-state index contributed by atoms with van der Waals surface area (Å²) >= 11 is 0. The molecule has 0 radical (unpaired) electrons. The highest BCUT2D eigenvalue weighted by Gasteiger charge is 2.32. The number of aromatic nitrogens is 1. The molecule has 0 saturated carbocycles. The first kappa shape index (κ1) is 16.3. The number of ketones is 1. The summed E-state index contributed by atoms with van der Waals surface area (Å²) < 4.78 is 1.73. The van der Waals surface area contributed by atoms with Gasteiger partial charge in [-0.3, -0.25) is 9.59 Å². The molecule has 1 aromatic heterocycles. The minimum Gasteiger partial charge on any atom is -0.307 e. The molecule has 4 rings (SSSR count). The Morgan fingerprint density at radius 3 is 2.50 bits per heavy atom. The van der Waals surface area contributed by atoms with Crippen LogP contribution < -0.4 is 5.56 Å². The molecule has 0 atom stereocenters. The molecule has 0 unspecified atom stereocenters. The Kier molecular flexibility index (Phi) is 3.93. The van der Waals surface area contributed by atoms with Crippen LogP contribution in [0.1, 0.15) is 47.7 Å². The van der Waals surface area contributed by atoms with Crippen molar-refractivity contribution in [1.29, 1.82) is 5.26 Å². The van der Waals surface area contributed by atoms with Gasteiger partial charge in [-0.05, 0) is 18.6 Å². The Bertz CT molecular complexity index is 1150. The van der Waals surface area contributed by atoms with Crippen LogP contribution in [0.2, 0.25) is 0 Å². The number of carbonyl (C=O) groups is 1. The molecule has 0 N–H and O–H groups in total. The second kappa shape index (κ2) is 6.27. The molecule has 2 aromatic carbocycles. The lowest BCUT2D eigenvalue weighted by Gasteiger charge is -2.15. The summed E-state index contributed by atoms with van der Waals surface area (Å²) in [6.07, 6.45) is 2.95. The fourth-order valence-electron chi connectivity index (χ4n) is 3.78. The van der Waals surface area contributed by atoms with E-state index in [2.05, 4.69) is 13.0 Å². The summed E-state index contributed by atoms with van der Waals surface area (Å²) in [5.41, 5.74) is 3.08. The van der Waals surface area contributed by atoms with E-state index in [1.807, 2.05) is 24.3 Å². The maximum Gasteiger partial charge on any atom is 0.258 e. The van der Waals surface area contributed by atoms with Crippen molar-refractivity contribution >= 4 is 16.6 Å². The van der Waals surface area contributed by atoms with E-state index < -0.39 is 0 Å². The van der Waals surface area contributed by atoms with Crippen molar-refractivity contribution in [2.75, 3.05) is 0 Å². The molecule has 0 saturated heterocycles. The number of hydrogen-bond donors (Lipinski definition) is 0. The molecule has 0 bridgehead atoms. The van der Waals surface area contributed by atoms with Crippen molar-refractivity contribution in [3.05, 3.63) is 69.5 Å². The van der Waals surface area contributed by atoms with Gasteiger partial charge in [-0.25, -0.2) is 0 Å². The maximum absolute atomic E-state index is 13.2. The van der Waals surface area contributed by atoms with Gasteiger partial charge >= 0.3 is 0 Å². The fourth-order valence-corrected chi connectivity index (χ4v) is 3.78. The van der Waals surface area contributed by atoms with Crippen LogP contribution >= 0.6 is 0 Å². The summed E-state index contributed by atoms with van der Waals surface area (Å²) in [5, 5.41) is 10.3. The van der Waals surface area contributed by atoms with Gasteiger partial charge in [-0.2, -0.15) is 5.26 Å². The molecule has 3 aromatic rings. The first-order valence-electron chi connectivity index (χ1n) is 8.92. The number of unbranched alkanes of at least 4 members (excludes halogenated alkanes) is 2. The van der Waals surface area contributed by atoms with Gasteiger partial charge in [0.25, 0.3) is 5.56 Å². The molecule has 128 valence electrons. The number of carbonyl (C=O) groups excluding carboxylic acids is 1. The number of hydrogen-bond acceptors (Lipinski definition) is 3. The van der Waals surface area contributed by atoms with E-state index >= 15 is 0 Å². The van der Waals surface area contributed by atoms with Gasteiger partial charge < -0.3 is 4.57 Å². The quantitative estimate of drug-likeness (QED) is 0.520. The average Bonchev–Trinajstić information content (AvgIpc) is 2.97. The van der Waals surface area contributed by atoms with E-state index in [4.69, 9.17) is 0 Å². The van der Waals surface area contributed by atoms with Gasteiger partial charge in [0.2, 0.25) is 0 Å². The standard InChI is InChI=1S/C22H18N2O2/c1-2-3-6-11-24-20-16-7-4-5-8-17(16)21(25)19(20)15-10-9-14(13-23)12-18(15)22(24)26/h4-5,7-10,12H,2-3,6,11H2,1H3. The Morgan fingerprint density at radius 2 is 1.77 bits per heavy atom. The number of pyridine rings is 1. The average molecular weight is 342 g/mol. The SMILES string of the molecule is CCCCCn1c2c(c3ccc(C#N)cc3c1=O)C(=O)c1ccccc1-2. The van der Waals surface area contributed by atoms with E-state index in [1.54, 1.807) is 22.8 Å². The van der Waals surface area contributed by atoms with Gasteiger partial charge in [-0.1, -0.05) is 50.1 Å². The third kappa shape index (κ3) is 2.28. The van der Waals surface area contributed by atoms with E-state index in [-0.39, 0.29) is 11.3 Å². The number of rotatable bonds is 4. The Labute approximate surface area is 151 Å². The van der Waals surface area contributed by atoms with Gasteiger partial charge in [0.05, 0.1) is 22.9 Å². The maximum atomic E-state index is 13.2. The van der Waals surface area contributed by atoms with Gasteiger partial charge in [0.1, 0.15) is 0 Å². The molecule has 1 aliphatic carbocycles. The van der Waals surface area contributed by atoms with Gasteiger partial charge in [0, 0.05) is 28.4 Å². The first-order valence-corrected chi connectivity index (χ1v) is 8.92. The van der Waals surface area contributed by atoms with Crippen LogP contribution in [-0.2, 0) is 6.54 Å². The van der Waals surface area contributed by atoms with Crippen molar-refractivity contribution in [2.45, 2.75) is 32.7 Å². The molecule has 0 amide bonds. The molecule has 0 aliphatic heterocycles. The van der Waals surface area contributed by atoms with E-state index in [0.717, 1.165) is 30.5 Å². The molecule has 0 fully saturated rings. The van der Waals surface area contributed by atoms with Crippen LogP contribution in [0.5, 0.6) is 0 Å². The minimum atomic E-state index is -0.128. The van der Waals surface area contributed by atoms with Crippen molar-refractivity contribution in [2.24, 2.45) is 0 Å². The smallest absolute Gasteiger partial charge is 0.258 e. The third-order valence-corrected chi connectivity index (χ3v) is 5.04. The monoisotopic (exact) mass is 342 g/mol. The van der Waals surface area contributed by atoms with Crippen molar-refractivity contribution < 1.29 is 4.79 Å². The highest BCUT2D eigenvalue weighted by molar-refractivity contribution is 6.26. The van der Waals surface area contributed by atoms with Crippen LogP contribution in [0, 0.1) is 11.3 Å². The highest BCUT2D eigenvalue weighted by atomic mass is 16.1. The van der Waals surface area contributed by atoms with Crippen LogP contribution in [0.3, 0.4) is 0 Å². The van der Waals surface area contributed by atoms with E-state index in [1.165, 1.54) is 0 Å². The predicted octanol–water partition coefficient (Wildman–Crippen LogP) is 4.27. The largest absolute Gasteiger partial charge is 0.307 e. The molecule has 0 spiro atoms. The molecule has 4 heteroatoms. The summed E-state index contributed by atoms with van der Waals surface area (Å²) in [4.78, 5) is 26.3. The van der Waals surface area contributed by atoms with Gasteiger partial charge in [0.15, 0.2) is 5.78 Å². The zero-order valence-electron chi connectivity index (χ0n) is 14.6. The summed E-state index contributed by atoms with van der Waals surface area (Å²) in [7, 11) is 0. The first-order chi connectivity index (χ1) is 12.7. The fraction of sp³-hybridized carbons (Fsp3) is 0.227. The van der Waals surface area contributed by atoms with Crippen LogP contribution in [0.15, 0.2) is 47.3 Å². The predicted molar refractivity (Wildman–Crippen MR) is 101 cm³/mol. The molecule has 1 aliphatic rings. The summed E-state index contributed by atoms with van der Waals surface area (Å²) in [6, 6.07) is 14.5. The van der Waals surface area contributed by atoms with Crippen LogP contribution in [-0.4, -0.2) is 10.4 Å². The number of nitrogens with zero attached hydrogens (tertiary/aromatic N) is 2. The zero-order chi connectivity index (χ0) is 18.3. The Balaban J connectivity index is 2.09. The van der Waals surface area contributed by atoms with Gasteiger partial charge in [-0.15, -0.1) is 0 Å². The second-order valence-electron chi connectivity index (χ2n) is 6.63. The highest BCUT2D eigenvalue weighted by Crippen LogP contribution is 2.39. The lowest BCUT2D eigenvalue weighted by Crippen LogP contribution is -2.23. The number of fused-ring (bicyclic) bond motifs is 5. The lowest BCUT2D eigenvalue weighted by molar-refractivity contribution is 0.104. The van der Waals surface area contributed by atoms with E-state index in [0.29, 0.717) is 34.0 Å². The molecule has 1 heterocycles. The van der Waals surface area contributed by atoms with Crippen molar-refractivity contribution in [3.8, 4) is 17.3 Å². The minimum absolute atomic E-state index is 0.0467. The topological polar surface area (TPSA) is 62.9 Å². The van der Waals surface area contributed by atoms with Crippen LogP contribution in [0.4, 0.5) is 0 Å². The number of benzene rings is 2. The molecule has 26 heavy (non-hydrogen) atoms.